The predicted octanol–water partition coefficient (Wildman–Crippen LogP) is 4.18. The number of rotatable bonds is 3. The van der Waals surface area contributed by atoms with Crippen molar-refractivity contribution in [1.29, 1.82) is 0 Å². The molecule has 0 radical (unpaired) electrons. The van der Waals surface area contributed by atoms with Crippen LogP contribution in [0, 0.1) is 5.82 Å². The fourth-order valence-electron chi connectivity index (χ4n) is 2.47. The first-order valence-electron chi connectivity index (χ1n) is 6.59. The zero-order valence-electron chi connectivity index (χ0n) is 11.1. The molecule has 0 fully saturated rings. The van der Waals surface area contributed by atoms with Gasteiger partial charge in [-0.25, -0.2) is 4.39 Å². The second-order valence-electron chi connectivity index (χ2n) is 4.85. The summed E-state index contributed by atoms with van der Waals surface area (Å²) >= 11 is 5.96. The van der Waals surface area contributed by atoms with E-state index in [1.54, 1.807) is 18.2 Å². The Morgan fingerprint density at radius 2 is 2.10 bits per heavy atom. The van der Waals surface area contributed by atoms with E-state index >= 15 is 0 Å². The van der Waals surface area contributed by atoms with Crippen molar-refractivity contribution in [1.82, 2.24) is 0 Å². The highest BCUT2D eigenvalue weighted by Crippen LogP contribution is 2.28. The predicted molar refractivity (Wildman–Crippen MR) is 78.8 cm³/mol. The highest BCUT2D eigenvalue weighted by atomic mass is 35.5. The first kappa shape index (κ1) is 13.9. The Balaban J connectivity index is 1.78. The summed E-state index contributed by atoms with van der Waals surface area (Å²) in [6.07, 6.45) is 1.53. The Labute approximate surface area is 126 Å². The first-order valence-corrected chi connectivity index (χ1v) is 6.97. The monoisotopic (exact) mass is 305 g/mol. The van der Waals surface area contributed by atoms with Crippen molar-refractivity contribution in [3.63, 3.8) is 0 Å². The number of halogens is 2. The van der Waals surface area contributed by atoms with E-state index in [0.717, 1.165) is 17.5 Å². The highest BCUT2D eigenvalue weighted by Gasteiger charge is 2.18. The van der Waals surface area contributed by atoms with Crippen LogP contribution < -0.4 is 4.74 Å². The van der Waals surface area contributed by atoms with Gasteiger partial charge in [0.2, 0.25) is 0 Å². The van der Waals surface area contributed by atoms with Gasteiger partial charge in [-0.3, -0.25) is 0 Å². The summed E-state index contributed by atoms with van der Waals surface area (Å²) in [5.41, 5.74) is 3.04. The third kappa shape index (κ3) is 2.72. The van der Waals surface area contributed by atoms with E-state index in [1.165, 1.54) is 6.07 Å². The van der Waals surface area contributed by atoms with Crippen LogP contribution in [0.2, 0.25) is 5.02 Å². The molecule has 0 amide bonds. The minimum absolute atomic E-state index is 0.0746. The van der Waals surface area contributed by atoms with Gasteiger partial charge < -0.3 is 9.94 Å². The summed E-state index contributed by atoms with van der Waals surface area (Å²) in [6.45, 7) is 0.0746. The molecule has 0 heterocycles. The van der Waals surface area contributed by atoms with Gasteiger partial charge in [0.05, 0.1) is 10.7 Å². The van der Waals surface area contributed by atoms with E-state index in [1.807, 2.05) is 12.1 Å². The molecule has 5 heteroatoms. The summed E-state index contributed by atoms with van der Waals surface area (Å²) in [5, 5.41) is 12.5. The number of oxime groups is 1. The fraction of sp³-hybridized carbons (Fsp3) is 0.188. The molecule has 0 spiro atoms. The maximum atomic E-state index is 13.7. The summed E-state index contributed by atoms with van der Waals surface area (Å²) in [5.74, 6) is 0.269. The van der Waals surface area contributed by atoms with Gasteiger partial charge in [0, 0.05) is 11.1 Å². The quantitative estimate of drug-likeness (QED) is 0.682. The van der Waals surface area contributed by atoms with Gasteiger partial charge in [-0.2, -0.15) is 0 Å². The third-order valence-corrected chi connectivity index (χ3v) is 3.94. The second kappa shape index (κ2) is 5.74. The number of aryl methyl sites for hydroxylation is 1. The van der Waals surface area contributed by atoms with Gasteiger partial charge in [0.25, 0.3) is 0 Å². The van der Waals surface area contributed by atoms with Crippen LogP contribution in [0.3, 0.4) is 0 Å². The average molecular weight is 306 g/mol. The third-order valence-electron chi connectivity index (χ3n) is 3.58. The van der Waals surface area contributed by atoms with Crippen molar-refractivity contribution in [2.45, 2.75) is 19.4 Å². The first-order chi connectivity index (χ1) is 10.2. The molecule has 108 valence electrons. The van der Waals surface area contributed by atoms with Crippen molar-refractivity contribution in [3.05, 3.63) is 63.9 Å². The Morgan fingerprint density at radius 3 is 2.86 bits per heavy atom. The lowest BCUT2D eigenvalue weighted by Crippen LogP contribution is -2.00. The second-order valence-corrected chi connectivity index (χ2v) is 5.26. The van der Waals surface area contributed by atoms with Crippen molar-refractivity contribution in [2.24, 2.45) is 5.16 Å². The molecule has 3 nitrogen and oxygen atoms in total. The zero-order chi connectivity index (χ0) is 14.8. The average Bonchev–Trinajstić information content (AvgIpc) is 2.89. The van der Waals surface area contributed by atoms with Crippen LogP contribution in [0.5, 0.6) is 5.75 Å². The highest BCUT2D eigenvalue weighted by molar-refractivity contribution is 6.31. The smallest absolute Gasteiger partial charge is 0.131 e. The molecule has 2 aromatic rings. The lowest BCUT2D eigenvalue weighted by atomic mass is 10.1. The van der Waals surface area contributed by atoms with Crippen LogP contribution in [0.4, 0.5) is 4.39 Å². The molecule has 3 rings (SSSR count). The summed E-state index contributed by atoms with van der Waals surface area (Å²) in [6, 6.07) is 10.1. The molecule has 0 bridgehead atoms. The molecule has 1 aliphatic rings. The van der Waals surface area contributed by atoms with E-state index in [0.29, 0.717) is 28.5 Å². The fourth-order valence-corrected chi connectivity index (χ4v) is 2.68. The number of hydrogen-bond acceptors (Lipinski definition) is 3. The molecule has 0 saturated heterocycles. The van der Waals surface area contributed by atoms with Gasteiger partial charge in [0.1, 0.15) is 18.2 Å². The van der Waals surface area contributed by atoms with Gasteiger partial charge >= 0.3 is 0 Å². The van der Waals surface area contributed by atoms with Crippen LogP contribution in [-0.4, -0.2) is 10.9 Å². The Kier molecular flexibility index (Phi) is 3.80. The van der Waals surface area contributed by atoms with Crippen LogP contribution in [0.25, 0.3) is 0 Å². The van der Waals surface area contributed by atoms with Crippen LogP contribution >= 0.6 is 11.6 Å². The van der Waals surface area contributed by atoms with Crippen molar-refractivity contribution >= 4 is 17.3 Å². The molecule has 0 saturated carbocycles. The van der Waals surface area contributed by atoms with E-state index < -0.39 is 0 Å². The van der Waals surface area contributed by atoms with Crippen LogP contribution in [0.15, 0.2) is 41.6 Å². The zero-order valence-corrected chi connectivity index (χ0v) is 11.9. The normalized spacial score (nSPS) is 15.2. The van der Waals surface area contributed by atoms with Gasteiger partial charge in [-0.15, -0.1) is 0 Å². The molecule has 21 heavy (non-hydrogen) atoms. The summed E-state index contributed by atoms with van der Waals surface area (Å²) in [4.78, 5) is 0. The molecule has 1 aliphatic carbocycles. The summed E-state index contributed by atoms with van der Waals surface area (Å²) in [7, 11) is 0. The minimum Gasteiger partial charge on any atom is -0.489 e. The van der Waals surface area contributed by atoms with E-state index in [2.05, 4.69) is 5.16 Å². The van der Waals surface area contributed by atoms with Crippen molar-refractivity contribution in [3.8, 4) is 5.75 Å². The maximum Gasteiger partial charge on any atom is 0.131 e. The lowest BCUT2D eigenvalue weighted by molar-refractivity contribution is 0.299. The Morgan fingerprint density at radius 1 is 1.24 bits per heavy atom. The van der Waals surface area contributed by atoms with Crippen molar-refractivity contribution < 1.29 is 14.3 Å². The molecule has 0 aliphatic heterocycles. The number of hydrogen-bond donors (Lipinski definition) is 1. The van der Waals surface area contributed by atoms with Gasteiger partial charge in [-0.1, -0.05) is 22.8 Å². The SMILES string of the molecule is O/N=C1/CCc2cc(OCc3c(F)cccc3Cl)ccc21. The standard InChI is InChI=1S/C16H13ClFNO2/c17-14-2-1-3-15(18)13(14)9-21-11-5-6-12-10(8-11)4-7-16(12)19-20/h1-3,5-6,8,20H,4,7,9H2/b19-16-. The lowest BCUT2D eigenvalue weighted by Gasteiger charge is -2.10. The number of benzene rings is 2. The Bertz CT molecular complexity index is 695. The Hall–Kier alpha value is -2.07. The van der Waals surface area contributed by atoms with Gasteiger partial charge in [0.15, 0.2) is 0 Å². The number of fused-ring (bicyclic) bond motifs is 1. The molecule has 0 unspecified atom stereocenters. The molecular formula is C16H13ClFNO2. The maximum absolute atomic E-state index is 13.7. The summed E-state index contributed by atoms with van der Waals surface area (Å²) < 4.78 is 19.3. The van der Waals surface area contributed by atoms with Gasteiger partial charge in [-0.05, 0) is 48.7 Å². The van der Waals surface area contributed by atoms with Crippen LogP contribution in [-0.2, 0) is 13.0 Å². The molecule has 0 aromatic heterocycles. The molecular weight excluding hydrogens is 293 g/mol. The molecule has 1 N–H and O–H groups in total. The largest absolute Gasteiger partial charge is 0.489 e. The van der Waals surface area contributed by atoms with E-state index in [-0.39, 0.29) is 12.4 Å². The minimum atomic E-state index is -0.377. The van der Waals surface area contributed by atoms with E-state index in [4.69, 9.17) is 21.5 Å². The molecule has 0 atom stereocenters. The van der Waals surface area contributed by atoms with E-state index in [9.17, 15) is 4.39 Å². The number of ether oxygens (including phenoxy) is 1. The number of nitrogens with zero attached hydrogens (tertiary/aromatic N) is 1. The topological polar surface area (TPSA) is 41.8 Å². The molecule has 2 aromatic carbocycles. The van der Waals surface area contributed by atoms with Crippen LogP contribution in [0.1, 0.15) is 23.1 Å². The van der Waals surface area contributed by atoms with Crippen molar-refractivity contribution in [2.75, 3.05) is 0 Å².